The van der Waals surface area contributed by atoms with Gasteiger partial charge in [0.05, 0.1) is 17.3 Å². The number of anilines is 3. The maximum Gasteiger partial charge on any atom is 0.324 e. The van der Waals surface area contributed by atoms with Crippen molar-refractivity contribution < 1.29 is 23.9 Å². The first kappa shape index (κ1) is 19.3. The molecule has 0 bridgehead atoms. The van der Waals surface area contributed by atoms with Crippen LogP contribution in [0.4, 0.5) is 21.5 Å². The number of Topliss-reactive ketones (excluding diaryl/α,β-unsaturated/α-hetero) is 1. The molecule has 9 heteroatoms. The number of hydrogen-bond acceptors (Lipinski definition) is 6. The summed E-state index contributed by atoms with van der Waals surface area (Å²) in [7, 11) is 0. The molecule has 2 aliphatic heterocycles. The van der Waals surface area contributed by atoms with Gasteiger partial charge in [-0.25, -0.2) is 4.39 Å². The van der Waals surface area contributed by atoms with E-state index in [1.54, 1.807) is 13.0 Å². The Kier molecular flexibility index (Phi) is 3.96. The van der Waals surface area contributed by atoms with Crippen LogP contribution in [0.3, 0.4) is 0 Å². The van der Waals surface area contributed by atoms with E-state index in [4.69, 9.17) is 11.5 Å². The zero-order valence-electron chi connectivity index (χ0n) is 16.7. The fraction of sp³-hybridized carbons (Fsp3) is 0.571. The zero-order valence-corrected chi connectivity index (χ0v) is 16.7. The minimum Gasteiger partial charge on any atom is -0.480 e. The van der Waals surface area contributed by atoms with Crippen LogP contribution < -0.4 is 21.3 Å². The van der Waals surface area contributed by atoms with Crippen LogP contribution in [-0.2, 0) is 9.59 Å². The number of halogens is 1. The monoisotopic (exact) mass is 416 g/mol. The lowest BCUT2D eigenvalue weighted by Crippen LogP contribution is -2.50. The highest BCUT2D eigenvalue weighted by molar-refractivity contribution is 6.32. The lowest BCUT2D eigenvalue weighted by molar-refractivity contribution is -0.144. The van der Waals surface area contributed by atoms with E-state index in [2.05, 4.69) is 4.90 Å². The number of carboxylic acids is 1. The first-order valence-corrected chi connectivity index (χ1v) is 10.3. The van der Waals surface area contributed by atoms with Crippen molar-refractivity contribution in [3.05, 3.63) is 17.2 Å². The van der Waals surface area contributed by atoms with E-state index in [0.29, 0.717) is 11.5 Å². The molecular weight excluding hydrogens is 391 g/mol. The van der Waals surface area contributed by atoms with Gasteiger partial charge in [0.15, 0.2) is 11.7 Å². The highest BCUT2D eigenvalue weighted by Crippen LogP contribution is 2.49. The minimum atomic E-state index is -1.89. The molecule has 2 aliphatic carbocycles. The van der Waals surface area contributed by atoms with E-state index in [1.165, 1.54) is 4.90 Å². The van der Waals surface area contributed by atoms with Gasteiger partial charge < -0.3 is 26.4 Å². The number of benzene rings is 1. The summed E-state index contributed by atoms with van der Waals surface area (Å²) in [5.74, 6) is -4.79. The summed E-state index contributed by atoms with van der Waals surface area (Å²) in [4.78, 5) is 40.8. The lowest BCUT2D eigenvalue weighted by atomic mass is 9.86. The van der Waals surface area contributed by atoms with Crippen molar-refractivity contribution in [3.8, 4) is 0 Å². The molecular formula is C21H25FN4O4. The molecule has 3 fully saturated rings. The summed E-state index contributed by atoms with van der Waals surface area (Å²) in [5, 5.41) is 9.47. The number of hydrogen-bond donors (Lipinski definition) is 3. The number of carbonyl (C=O) groups excluding carboxylic acids is 2. The molecule has 30 heavy (non-hydrogen) atoms. The van der Waals surface area contributed by atoms with Gasteiger partial charge in [0.1, 0.15) is 6.17 Å². The predicted octanol–water partition coefficient (Wildman–Crippen LogP) is 1.24. The molecule has 1 aromatic rings. The molecule has 1 saturated heterocycles. The Morgan fingerprint density at radius 2 is 2.00 bits per heavy atom. The van der Waals surface area contributed by atoms with Crippen LogP contribution >= 0.6 is 0 Å². The number of aliphatic carboxylic acids is 1. The van der Waals surface area contributed by atoms with Gasteiger partial charge in [-0.05, 0) is 43.7 Å². The summed E-state index contributed by atoms with van der Waals surface area (Å²) >= 11 is 0. The number of rotatable bonds is 4. The fourth-order valence-electron chi connectivity index (χ4n) is 5.13. The second-order valence-electron chi connectivity index (χ2n) is 9.16. The van der Waals surface area contributed by atoms with Gasteiger partial charge in [-0.2, -0.15) is 0 Å². The van der Waals surface area contributed by atoms with Gasteiger partial charge in [-0.3, -0.25) is 14.4 Å². The van der Waals surface area contributed by atoms with E-state index in [-0.39, 0.29) is 28.9 Å². The Hall–Kier alpha value is -2.68. The maximum atomic E-state index is 14.0. The summed E-state index contributed by atoms with van der Waals surface area (Å²) in [6.07, 6.45) is 1.87. The van der Waals surface area contributed by atoms with Gasteiger partial charge in [0, 0.05) is 36.4 Å². The Labute approximate surface area is 173 Å². The van der Waals surface area contributed by atoms with E-state index >= 15 is 0 Å². The van der Waals surface area contributed by atoms with Crippen molar-refractivity contribution in [3.63, 3.8) is 0 Å². The fourth-order valence-corrected chi connectivity index (χ4v) is 5.13. The first-order valence-electron chi connectivity index (χ1n) is 10.3. The molecule has 5 rings (SSSR count). The van der Waals surface area contributed by atoms with Crippen molar-refractivity contribution in [1.29, 1.82) is 0 Å². The van der Waals surface area contributed by atoms with Gasteiger partial charge in [0.2, 0.25) is 5.91 Å². The molecule has 1 aromatic carbocycles. The van der Waals surface area contributed by atoms with Crippen LogP contribution in [-0.4, -0.2) is 53.6 Å². The second-order valence-corrected chi connectivity index (χ2v) is 9.16. The van der Waals surface area contributed by atoms with E-state index in [1.807, 2.05) is 0 Å². The quantitative estimate of drug-likeness (QED) is 0.497. The summed E-state index contributed by atoms with van der Waals surface area (Å²) in [5.41, 5.74) is 14.3. The molecule has 5 N–H and O–H groups in total. The minimum absolute atomic E-state index is 0.00980. The molecule has 2 saturated carbocycles. The molecule has 160 valence electrons. The van der Waals surface area contributed by atoms with Crippen molar-refractivity contribution in [1.82, 2.24) is 0 Å². The molecule has 1 amide bonds. The van der Waals surface area contributed by atoms with Crippen molar-refractivity contribution in [2.75, 3.05) is 28.6 Å². The van der Waals surface area contributed by atoms with Crippen molar-refractivity contribution >= 4 is 34.7 Å². The summed E-state index contributed by atoms with van der Waals surface area (Å²) < 4.78 is 14.0. The number of fused-ring (bicyclic) bond motifs is 1. The van der Waals surface area contributed by atoms with E-state index in [0.717, 1.165) is 38.0 Å². The number of alkyl halides is 1. The molecule has 0 spiro atoms. The Bertz CT molecular complexity index is 992. The predicted molar refractivity (Wildman–Crippen MR) is 108 cm³/mol. The number of nitrogen functional groups attached to an aromatic ring is 1. The average Bonchev–Trinajstić information content (AvgIpc) is 3.53. The van der Waals surface area contributed by atoms with Crippen LogP contribution in [0, 0.1) is 18.8 Å². The Morgan fingerprint density at radius 1 is 1.33 bits per heavy atom. The largest absolute Gasteiger partial charge is 0.480 e. The highest BCUT2D eigenvalue weighted by atomic mass is 19.1. The molecule has 8 nitrogen and oxygen atoms in total. The Balaban J connectivity index is 1.61. The Morgan fingerprint density at radius 3 is 2.57 bits per heavy atom. The van der Waals surface area contributed by atoms with E-state index in [9.17, 15) is 23.9 Å². The first-order chi connectivity index (χ1) is 14.1. The van der Waals surface area contributed by atoms with Crippen molar-refractivity contribution in [2.45, 2.75) is 50.4 Å². The topological polar surface area (TPSA) is 130 Å². The van der Waals surface area contributed by atoms with Crippen molar-refractivity contribution in [2.24, 2.45) is 17.6 Å². The zero-order chi connectivity index (χ0) is 21.5. The number of nitrogens with two attached hydrogens (primary N) is 2. The normalized spacial score (nSPS) is 31.7. The number of nitrogens with zero attached hydrogens (tertiary/aromatic N) is 2. The van der Waals surface area contributed by atoms with Crippen LogP contribution in [0.15, 0.2) is 6.07 Å². The second kappa shape index (κ2) is 6.16. The third-order valence-electron chi connectivity index (χ3n) is 7.22. The molecule has 2 heterocycles. The smallest absolute Gasteiger partial charge is 0.324 e. The van der Waals surface area contributed by atoms with Gasteiger partial charge >= 0.3 is 5.97 Å². The third kappa shape index (κ3) is 2.64. The number of carbonyl (C=O) groups is 3. The molecule has 0 aromatic heterocycles. The maximum absolute atomic E-state index is 14.0. The van der Waals surface area contributed by atoms with E-state index < -0.39 is 35.8 Å². The van der Waals surface area contributed by atoms with Crippen LogP contribution in [0.25, 0.3) is 0 Å². The third-order valence-corrected chi connectivity index (χ3v) is 7.22. The average molecular weight is 416 g/mol. The standard InChI is InChI=1S/C21H25FN4O4/c1-9-13(25-5-2-10(8-25)21(24)3-4-21)7-12(23)15-17(9)26(14-6-11(14)22)19(28)16(18(15)27)20(29)30/h7,10-11,14,16H,2-6,8,23-24H2,1H3,(H,29,30)/t10-,11+,14-,16?/m1/s1. The van der Waals surface area contributed by atoms with Gasteiger partial charge in [-0.1, -0.05) is 0 Å². The number of amides is 1. The van der Waals surface area contributed by atoms with Crippen LogP contribution in [0.2, 0.25) is 0 Å². The van der Waals surface area contributed by atoms with Crippen LogP contribution in [0.1, 0.15) is 41.6 Å². The van der Waals surface area contributed by atoms with Gasteiger partial charge in [-0.15, -0.1) is 0 Å². The molecule has 0 radical (unpaired) electrons. The number of carboxylic acid groups (broad SMARTS) is 1. The molecule has 4 aliphatic rings. The molecule has 1 unspecified atom stereocenters. The van der Waals surface area contributed by atoms with Gasteiger partial charge in [0.25, 0.3) is 0 Å². The molecule has 4 atom stereocenters. The SMILES string of the molecule is Cc1c(N2CC[C@@H](C3(N)CC3)C2)cc(N)c2c1N([C@@H]1C[C@@H]1F)C(=O)C(C(=O)O)C2=O. The highest BCUT2D eigenvalue weighted by Gasteiger charge is 2.55. The summed E-state index contributed by atoms with van der Waals surface area (Å²) in [6, 6.07) is 0.918. The lowest BCUT2D eigenvalue weighted by Gasteiger charge is -2.36. The number of ketones is 1. The van der Waals surface area contributed by atoms with Crippen LogP contribution in [0.5, 0.6) is 0 Å². The summed E-state index contributed by atoms with van der Waals surface area (Å²) in [6.45, 7) is 3.31.